The lowest BCUT2D eigenvalue weighted by Crippen LogP contribution is -2.39. The number of benzene rings is 1. The number of ether oxygens (including phenoxy) is 2. The molecule has 21 heavy (non-hydrogen) atoms. The van der Waals surface area contributed by atoms with Gasteiger partial charge in [-0.05, 0) is 30.7 Å². The maximum absolute atomic E-state index is 13.3. The Morgan fingerprint density at radius 3 is 2.95 bits per heavy atom. The minimum absolute atomic E-state index is 0.222. The average molecular weight is 299 g/mol. The highest BCUT2D eigenvalue weighted by atomic mass is 19.2. The molecule has 1 atom stereocenters. The number of nitrogens with zero attached hydrogens (tertiary/aromatic N) is 1. The van der Waals surface area contributed by atoms with Crippen molar-refractivity contribution in [1.29, 1.82) is 0 Å². The standard InChI is InChI=1S/C15H19F2NO3/c1-20-15(19)3-2-6-18-7-8-21-14(10-18)11-4-5-12(16)13(17)9-11/h4-5,9,14H,2-3,6-8,10H2,1H3. The summed E-state index contributed by atoms with van der Waals surface area (Å²) in [5.74, 6) is -1.94. The molecule has 0 spiro atoms. The molecule has 1 unspecified atom stereocenters. The second kappa shape index (κ2) is 7.47. The van der Waals surface area contributed by atoms with Crippen LogP contribution in [0.25, 0.3) is 0 Å². The van der Waals surface area contributed by atoms with Crippen molar-refractivity contribution in [3.05, 3.63) is 35.4 Å². The van der Waals surface area contributed by atoms with Crippen molar-refractivity contribution >= 4 is 5.97 Å². The highest BCUT2D eigenvalue weighted by Gasteiger charge is 2.22. The fourth-order valence-electron chi connectivity index (χ4n) is 2.37. The van der Waals surface area contributed by atoms with E-state index in [0.29, 0.717) is 31.6 Å². The largest absolute Gasteiger partial charge is 0.469 e. The second-order valence-corrected chi connectivity index (χ2v) is 5.01. The van der Waals surface area contributed by atoms with E-state index < -0.39 is 11.6 Å². The van der Waals surface area contributed by atoms with Crippen molar-refractivity contribution in [2.24, 2.45) is 0 Å². The number of esters is 1. The fourth-order valence-corrected chi connectivity index (χ4v) is 2.37. The van der Waals surface area contributed by atoms with Crippen molar-refractivity contribution in [2.75, 3.05) is 33.4 Å². The molecule has 0 amide bonds. The molecule has 1 fully saturated rings. The van der Waals surface area contributed by atoms with E-state index in [1.165, 1.54) is 13.2 Å². The summed E-state index contributed by atoms with van der Waals surface area (Å²) in [6.07, 6.45) is 0.813. The lowest BCUT2D eigenvalue weighted by atomic mass is 10.1. The summed E-state index contributed by atoms with van der Waals surface area (Å²) < 4.78 is 36.4. The Hall–Kier alpha value is -1.53. The van der Waals surface area contributed by atoms with Gasteiger partial charge in [0.05, 0.1) is 19.8 Å². The Balaban J connectivity index is 1.88. The zero-order chi connectivity index (χ0) is 15.2. The molecule has 1 heterocycles. The SMILES string of the molecule is COC(=O)CCCN1CCOC(c2ccc(F)c(F)c2)C1. The lowest BCUT2D eigenvalue weighted by molar-refractivity contribution is -0.140. The van der Waals surface area contributed by atoms with Gasteiger partial charge in [-0.25, -0.2) is 8.78 Å². The Kier molecular flexibility index (Phi) is 5.64. The van der Waals surface area contributed by atoms with Gasteiger partial charge >= 0.3 is 5.97 Å². The molecule has 0 bridgehead atoms. The summed E-state index contributed by atoms with van der Waals surface area (Å²) in [6.45, 7) is 2.65. The normalized spacial score (nSPS) is 19.5. The highest BCUT2D eigenvalue weighted by Crippen LogP contribution is 2.23. The predicted octanol–water partition coefficient (Wildman–Crippen LogP) is 2.29. The minimum Gasteiger partial charge on any atom is -0.469 e. The predicted molar refractivity (Wildman–Crippen MR) is 72.7 cm³/mol. The lowest BCUT2D eigenvalue weighted by Gasteiger charge is -2.33. The molecule has 1 aliphatic heterocycles. The number of methoxy groups -OCH3 is 1. The summed E-state index contributed by atoms with van der Waals surface area (Å²) in [7, 11) is 1.37. The van der Waals surface area contributed by atoms with Crippen LogP contribution < -0.4 is 0 Å². The van der Waals surface area contributed by atoms with Crippen molar-refractivity contribution in [1.82, 2.24) is 4.90 Å². The fraction of sp³-hybridized carbons (Fsp3) is 0.533. The maximum Gasteiger partial charge on any atom is 0.305 e. The Morgan fingerprint density at radius 2 is 2.24 bits per heavy atom. The molecule has 2 rings (SSSR count). The summed E-state index contributed by atoms with van der Waals surface area (Å²) in [6, 6.07) is 3.84. The second-order valence-electron chi connectivity index (χ2n) is 5.01. The molecular formula is C15H19F2NO3. The molecule has 0 aliphatic carbocycles. The quantitative estimate of drug-likeness (QED) is 0.782. The molecule has 116 valence electrons. The average Bonchev–Trinajstić information content (AvgIpc) is 2.50. The number of carbonyl (C=O) groups excluding carboxylic acids is 1. The van der Waals surface area contributed by atoms with Crippen LogP contribution in [0.4, 0.5) is 8.78 Å². The molecule has 1 aromatic carbocycles. The first kappa shape index (κ1) is 15.9. The van der Waals surface area contributed by atoms with Crippen LogP contribution in [0.1, 0.15) is 24.5 Å². The maximum atomic E-state index is 13.3. The first-order valence-electron chi connectivity index (χ1n) is 6.96. The van der Waals surface area contributed by atoms with E-state index in [1.54, 1.807) is 6.07 Å². The zero-order valence-corrected chi connectivity index (χ0v) is 12.0. The van der Waals surface area contributed by atoms with Crippen LogP contribution >= 0.6 is 0 Å². The van der Waals surface area contributed by atoms with E-state index in [4.69, 9.17) is 4.74 Å². The number of hydrogen-bond acceptors (Lipinski definition) is 4. The van der Waals surface area contributed by atoms with Crippen LogP contribution in [0.3, 0.4) is 0 Å². The third kappa shape index (κ3) is 4.47. The van der Waals surface area contributed by atoms with Crippen molar-refractivity contribution in [2.45, 2.75) is 18.9 Å². The Bertz CT molecular complexity index is 496. The number of hydrogen-bond donors (Lipinski definition) is 0. The van der Waals surface area contributed by atoms with E-state index >= 15 is 0 Å². The van der Waals surface area contributed by atoms with Gasteiger partial charge in [0.2, 0.25) is 0 Å². The van der Waals surface area contributed by atoms with Crippen LogP contribution in [0.2, 0.25) is 0 Å². The number of halogens is 2. The van der Waals surface area contributed by atoms with Crippen LogP contribution in [0.15, 0.2) is 18.2 Å². The third-order valence-corrected chi connectivity index (χ3v) is 3.55. The van der Waals surface area contributed by atoms with E-state index in [2.05, 4.69) is 9.64 Å². The summed E-state index contributed by atoms with van der Waals surface area (Å²) >= 11 is 0. The van der Waals surface area contributed by atoms with Gasteiger partial charge in [-0.3, -0.25) is 9.69 Å². The topological polar surface area (TPSA) is 38.8 Å². The molecule has 6 heteroatoms. The van der Waals surface area contributed by atoms with Crippen molar-refractivity contribution < 1.29 is 23.0 Å². The monoisotopic (exact) mass is 299 g/mol. The van der Waals surface area contributed by atoms with Gasteiger partial charge in [-0.2, -0.15) is 0 Å². The molecule has 4 nitrogen and oxygen atoms in total. The summed E-state index contributed by atoms with van der Waals surface area (Å²) in [4.78, 5) is 13.2. The molecule has 0 N–H and O–H groups in total. The van der Waals surface area contributed by atoms with Crippen LogP contribution in [-0.4, -0.2) is 44.2 Å². The van der Waals surface area contributed by atoms with Crippen molar-refractivity contribution in [3.8, 4) is 0 Å². The zero-order valence-electron chi connectivity index (χ0n) is 12.0. The molecule has 0 aromatic heterocycles. The van der Waals surface area contributed by atoms with Gasteiger partial charge in [0.15, 0.2) is 11.6 Å². The molecule has 1 aliphatic rings. The molecular weight excluding hydrogens is 280 g/mol. The summed E-state index contributed by atoms with van der Waals surface area (Å²) in [5, 5.41) is 0. The van der Waals surface area contributed by atoms with Gasteiger partial charge in [0.25, 0.3) is 0 Å². The van der Waals surface area contributed by atoms with E-state index in [-0.39, 0.29) is 12.1 Å². The van der Waals surface area contributed by atoms with Gasteiger partial charge < -0.3 is 9.47 Å². The molecule has 0 radical (unpaired) electrons. The van der Waals surface area contributed by atoms with E-state index in [0.717, 1.165) is 19.2 Å². The number of morpholine rings is 1. The first-order chi connectivity index (χ1) is 10.1. The van der Waals surface area contributed by atoms with Crippen LogP contribution in [-0.2, 0) is 14.3 Å². The van der Waals surface area contributed by atoms with Crippen molar-refractivity contribution in [3.63, 3.8) is 0 Å². The van der Waals surface area contributed by atoms with E-state index in [1.807, 2.05) is 0 Å². The first-order valence-corrected chi connectivity index (χ1v) is 6.96. The molecule has 0 saturated carbocycles. The van der Waals surface area contributed by atoms with Gasteiger partial charge in [-0.1, -0.05) is 6.07 Å². The molecule has 1 saturated heterocycles. The Labute approximate surface area is 122 Å². The van der Waals surface area contributed by atoms with Gasteiger partial charge in [-0.15, -0.1) is 0 Å². The molecule has 1 aromatic rings. The Morgan fingerprint density at radius 1 is 1.43 bits per heavy atom. The van der Waals surface area contributed by atoms with Gasteiger partial charge in [0, 0.05) is 19.5 Å². The number of carbonyl (C=O) groups is 1. The highest BCUT2D eigenvalue weighted by molar-refractivity contribution is 5.69. The van der Waals surface area contributed by atoms with Crippen LogP contribution in [0, 0.1) is 11.6 Å². The minimum atomic E-state index is -0.862. The van der Waals surface area contributed by atoms with Gasteiger partial charge in [0.1, 0.15) is 0 Å². The van der Waals surface area contributed by atoms with E-state index in [9.17, 15) is 13.6 Å². The smallest absolute Gasteiger partial charge is 0.305 e. The third-order valence-electron chi connectivity index (χ3n) is 3.55. The number of rotatable bonds is 5. The van der Waals surface area contributed by atoms with Crippen LogP contribution in [0.5, 0.6) is 0 Å². The summed E-state index contributed by atoms with van der Waals surface area (Å²) in [5.41, 5.74) is 0.631.